The fraction of sp³-hybridized carbons (Fsp3) is 0.235. The van der Waals surface area contributed by atoms with E-state index in [2.05, 4.69) is 5.32 Å². The van der Waals surface area contributed by atoms with E-state index in [4.69, 9.17) is 9.47 Å². The molecule has 0 aliphatic rings. The minimum absolute atomic E-state index is 0.175. The van der Waals surface area contributed by atoms with Crippen LogP contribution in [0.4, 0.5) is 5.00 Å². The van der Waals surface area contributed by atoms with Crippen LogP contribution in [0.15, 0.2) is 30.3 Å². The zero-order chi connectivity index (χ0) is 16.1. The zero-order valence-electron chi connectivity index (χ0n) is 13.1. The van der Waals surface area contributed by atoms with Crippen molar-refractivity contribution in [2.75, 3.05) is 19.5 Å². The summed E-state index contributed by atoms with van der Waals surface area (Å²) in [6.45, 7) is 4.06. The molecule has 116 valence electrons. The Labute approximate surface area is 134 Å². The van der Waals surface area contributed by atoms with Gasteiger partial charge in [-0.15, -0.1) is 11.3 Å². The number of benzene rings is 1. The van der Waals surface area contributed by atoms with E-state index >= 15 is 0 Å². The minimum atomic E-state index is -0.175. The lowest BCUT2D eigenvalue weighted by Gasteiger charge is -2.07. The molecule has 1 N–H and O–H groups in total. The number of rotatable bonds is 5. The number of amides is 1. The molecule has 0 aliphatic heterocycles. The second-order valence-corrected chi connectivity index (χ2v) is 6.04. The number of anilines is 1. The van der Waals surface area contributed by atoms with Gasteiger partial charge >= 0.3 is 0 Å². The van der Waals surface area contributed by atoms with E-state index in [9.17, 15) is 4.79 Å². The standard InChI is InChI=1S/C17H19NO3S/c1-11-9-17(22-12(11)2)18-16(19)8-5-13-10-14(20-3)6-7-15(13)21-4/h5-10H,1-4H3,(H,18,19)/b8-5+. The maximum Gasteiger partial charge on any atom is 0.248 e. The molecule has 22 heavy (non-hydrogen) atoms. The maximum atomic E-state index is 12.0. The van der Waals surface area contributed by atoms with Crippen LogP contribution in [-0.2, 0) is 4.79 Å². The van der Waals surface area contributed by atoms with Crippen LogP contribution in [0.5, 0.6) is 11.5 Å². The Morgan fingerprint density at radius 1 is 1.18 bits per heavy atom. The molecule has 1 heterocycles. The van der Waals surface area contributed by atoms with E-state index in [1.165, 1.54) is 16.5 Å². The largest absolute Gasteiger partial charge is 0.497 e. The van der Waals surface area contributed by atoms with Gasteiger partial charge in [0.2, 0.25) is 5.91 Å². The molecule has 0 atom stereocenters. The lowest BCUT2D eigenvalue weighted by Crippen LogP contribution is -2.06. The van der Waals surface area contributed by atoms with Gasteiger partial charge in [0.15, 0.2) is 0 Å². The number of carbonyl (C=O) groups is 1. The highest BCUT2D eigenvalue weighted by atomic mass is 32.1. The summed E-state index contributed by atoms with van der Waals surface area (Å²) in [7, 11) is 3.19. The van der Waals surface area contributed by atoms with Gasteiger partial charge in [-0.2, -0.15) is 0 Å². The van der Waals surface area contributed by atoms with Crippen molar-refractivity contribution in [3.8, 4) is 11.5 Å². The summed E-state index contributed by atoms with van der Waals surface area (Å²) in [4.78, 5) is 13.2. The number of hydrogen-bond acceptors (Lipinski definition) is 4. The molecule has 0 radical (unpaired) electrons. The Balaban J connectivity index is 2.12. The molecule has 0 unspecified atom stereocenters. The summed E-state index contributed by atoms with van der Waals surface area (Å²) in [5.41, 5.74) is 1.97. The number of carbonyl (C=O) groups excluding carboxylic acids is 1. The molecule has 0 spiro atoms. The van der Waals surface area contributed by atoms with Gasteiger partial charge in [-0.1, -0.05) is 0 Å². The summed E-state index contributed by atoms with van der Waals surface area (Å²) in [6.07, 6.45) is 3.20. The van der Waals surface area contributed by atoms with Gasteiger partial charge in [0, 0.05) is 16.5 Å². The summed E-state index contributed by atoms with van der Waals surface area (Å²) in [5, 5.41) is 3.71. The highest BCUT2D eigenvalue weighted by molar-refractivity contribution is 7.16. The first-order valence-corrected chi connectivity index (χ1v) is 7.63. The van der Waals surface area contributed by atoms with E-state index in [0.29, 0.717) is 11.5 Å². The van der Waals surface area contributed by atoms with Crippen LogP contribution in [0.2, 0.25) is 0 Å². The quantitative estimate of drug-likeness (QED) is 0.847. The summed E-state index contributed by atoms with van der Waals surface area (Å²) in [5.74, 6) is 1.23. The van der Waals surface area contributed by atoms with Crippen molar-refractivity contribution in [1.82, 2.24) is 0 Å². The average Bonchev–Trinajstić information content (AvgIpc) is 2.82. The van der Waals surface area contributed by atoms with Crippen molar-refractivity contribution in [3.05, 3.63) is 46.3 Å². The van der Waals surface area contributed by atoms with E-state index in [1.807, 2.05) is 38.1 Å². The molecule has 0 saturated heterocycles. The molecule has 0 aliphatic carbocycles. The Morgan fingerprint density at radius 3 is 2.55 bits per heavy atom. The lowest BCUT2D eigenvalue weighted by atomic mass is 10.1. The smallest absolute Gasteiger partial charge is 0.248 e. The SMILES string of the molecule is COc1ccc(OC)c(/C=C/C(=O)Nc2cc(C)c(C)s2)c1. The number of methoxy groups -OCH3 is 2. The predicted molar refractivity (Wildman–Crippen MR) is 91.0 cm³/mol. The van der Waals surface area contributed by atoms with E-state index in [-0.39, 0.29) is 5.91 Å². The van der Waals surface area contributed by atoms with Gasteiger partial charge in [-0.05, 0) is 49.8 Å². The first-order valence-electron chi connectivity index (χ1n) is 6.81. The van der Waals surface area contributed by atoms with Crippen molar-refractivity contribution in [1.29, 1.82) is 0 Å². The predicted octanol–water partition coefficient (Wildman–Crippen LogP) is 4.03. The van der Waals surface area contributed by atoms with Gasteiger partial charge in [-0.3, -0.25) is 4.79 Å². The molecule has 2 rings (SSSR count). The van der Waals surface area contributed by atoms with E-state index in [1.54, 1.807) is 31.6 Å². The third kappa shape index (κ3) is 3.89. The minimum Gasteiger partial charge on any atom is -0.497 e. The summed E-state index contributed by atoms with van der Waals surface area (Å²) < 4.78 is 10.5. The van der Waals surface area contributed by atoms with Crippen LogP contribution in [0.3, 0.4) is 0 Å². The van der Waals surface area contributed by atoms with Crippen molar-refractivity contribution >= 4 is 28.3 Å². The maximum absolute atomic E-state index is 12.0. The molecule has 0 bridgehead atoms. The molecule has 0 fully saturated rings. The fourth-order valence-corrected chi connectivity index (χ4v) is 2.87. The van der Waals surface area contributed by atoms with Gasteiger partial charge in [0.25, 0.3) is 0 Å². The van der Waals surface area contributed by atoms with Crippen LogP contribution in [0, 0.1) is 13.8 Å². The topological polar surface area (TPSA) is 47.6 Å². The van der Waals surface area contributed by atoms with Crippen LogP contribution in [-0.4, -0.2) is 20.1 Å². The fourth-order valence-electron chi connectivity index (χ4n) is 1.93. The second-order valence-electron chi connectivity index (χ2n) is 4.78. The first-order chi connectivity index (χ1) is 10.5. The summed E-state index contributed by atoms with van der Waals surface area (Å²) in [6, 6.07) is 7.41. The molecule has 1 aromatic carbocycles. The number of hydrogen-bond donors (Lipinski definition) is 1. The number of thiophene rings is 1. The molecule has 5 heteroatoms. The Kier molecular flexibility index (Phi) is 5.22. The molecule has 1 amide bonds. The van der Waals surface area contributed by atoms with Crippen LogP contribution >= 0.6 is 11.3 Å². The normalized spacial score (nSPS) is 10.7. The van der Waals surface area contributed by atoms with Crippen molar-refractivity contribution in [2.45, 2.75) is 13.8 Å². The van der Waals surface area contributed by atoms with Crippen molar-refractivity contribution < 1.29 is 14.3 Å². The Bertz CT molecular complexity index is 684. The molecule has 4 nitrogen and oxygen atoms in total. The van der Waals surface area contributed by atoms with E-state index in [0.717, 1.165) is 10.6 Å². The molecular weight excluding hydrogens is 298 g/mol. The van der Waals surface area contributed by atoms with Crippen LogP contribution < -0.4 is 14.8 Å². The van der Waals surface area contributed by atoms with Crippen LogP contribution in [0.25, 0.3) is 6.08 Å². The summed E-state index contributed by atoms with van der Waals surface area (Å²) >= 11 is 1.57. The monoisotopic (exact) mass is 317 g/mol. The van der Waals surface area contributed by atoms with Crippen molar-refractivity contribution in [2.24, 2.45) is 0 Å². The van der Waals surface area contributed by atoms with Crippen LogP contribution in [0.1, 0.15) is 16.0 Å². The molecule has 2 aromatic rings. The number of ether oxygens (including phenoxy) is 2. The highest BCUT2D eigenvalue weighted by Gasteiger charge is 2.05. The Morgan fingerprint density at radius 2 is 1.95 bits per heavy atom. The number of aryl methyl sites for hydroxylation is 2. The third-order valence-electron chi connectivity index (χ3n) is 3.26. The Hall–Kier alpha value is -2.27. The second kappa shape index (κ2) is 7.13. The lowest BCUT2D eigenvalue weighted by molar-refractivity contribution is -0.111. The van der Waals surface area contributed by atoms with Gasteiger partial charge in [0.1, 0.15) is 11.5 Å². The zero-order valence-corrected chi connectivity index (χ0v) is 13.9. The number of nitrogens with one attached hydrogen (secondary N) is 1. The molecule has 0 saturated carbocycles. The third-order valence-corrected chi connectivity index (χ3v) is 4.33. The molecular formula is C17H19NO3S. The molecule has 1 aromatic heterocycles. The van der Waals surface area contributed by atoms with Gasteiger partial charge in [-0.25, -0.2) is 0 Å². The average molecular weight is 317 g/mol. The van der Waals surface area contributed by atoms with E-state index < -0.39 is 0 Å². The van der Waals surface area contributed by atoms with Gasteiger partial charge in [0.05, 0.1) is 19.2 Å². The van der Waals surface area contributed by atoms with Gasteiger partial charge < -0.3 is 14.8 Å². The highest BCUT2D eigenvalue weighted by Crippen LogP contribution is 2.26. The first kappa shape index (κ1) is 16.1. The van der Waals surface area contributed by atoms with Crippen molar-refractivity contribution in [3.63, 3.8) is 0 Å².